The van der Waals surface area contributed by atoms with Crippen molar-refractivity contribution < 1.29 is 9.53 Å². The van der Waals surface area contributed by atoms with Crippen molar-refractivity contribution in [2.75, 3.05) is 51.3 Å². The zero-order valence-electron chi connectivity index (χ0n) is 14.6. The smallest absolute Gasteiger partial charge is 0.227 e. The van der Waals surface area contributed by atoms with Crippen LogP contribution in [-0.4, -0.2) is 62.2 Å². The predicted octanol–water partition coefficient (Wildman–Crippen LogP) is 1.50. The summed E-state index contributed by atoms with van der Waals surface area (Å²) < 4.78 is 5.29. The number of hydrogen-bond donors (Lipinski definition) is 1. The number of methoxy groups -OCH3 is 1. The molecule has 6 heteroatoms. The van der Waals surface area contributed by atoms with Crippen LogP contribution < -0.4 is 15.0 Å². The molecular weight excluding hydrogens is 316 g/mol. The third kappa shape index (κ3) is 3.14. The van der Waals surface area contributed by atoms with Crippen LogP contribution >= 0.6 is 0 Å². The van der Waals surface area contributed by atoms with Crippen LogP contribution in [0.3, 0.4) is 0 Å². The van der Waals surface area contributed by atoms with Crippen molar-refractivity contribution in [1.82, 2.24) is 15.2 Å². The summed E-state index contributed by atoms with van der Waals surface area (Å²) in [6.45, 7) is 5.08. The van der Waals surface area contributed by atoms with Crippen molar-refractivity contribution in [3.05, 3.63) is 30.5 Å². The Hall–Kier alpha value is -2.34. The van der Waals surface area contributed by atoms with Gasteiger partial charge in [0.2, 0.25) is 5.91 Å². The Morgan fingerprint density at radius 2 is 2.08 bits per heavy atom. The number of carbonyl (C=O) groups is 1. The Kier molecular flexibility index (Phi) is 4.44. The minimum Gasteiger partial charge on any atom is -0.497 e. The minimum atomic E-state index is 0.167. The number of piperazine rings is 1. The molecule has 0 radical (unpaired) electrons. The first-order valence-corrected chi connectivity index (χ1v) is 8.93. The van der Waals surface area contributed by atoms with E-state index < -0.39 is 0 Å². The van der Waals surface area contributed by atoms with Gasteiger partial charge in [-0.05, 0) is 31.2 Å². The number of nitrogens with one attached hydrogen (secondary N) is 1. The highest BCUT2D eigenvalue weighted by atomic mass is 16.5. The normalized spacial score (nSPS) is 20.9. The third-order valence-corrected chi connectivity index (χ3v) is 5.27. The van der Waals surface area contributed by atoms with Crippen LogP contribution in [0.1, 0.15) is 6.42 Å². The second kappa shape index (κ2) is 6.88. The van der Waals surface area contributed by atoms with Crippen LogP contribution in [-0.2, 0) is 4.79 Å². The average molecular weight is 340 g/mol. The highest BCUT2D eigenvalue weighted by Crippen LogP contribution is 2.29. The zero-order chi connectivity index (χ0) is 17.2. The first-order chi connectivity index (χ1) is 12.3. The second-order valence-corrected chi connectivity index (χ2v) is 6.72. The van der Waals surface area contributed by atoms with Crippen molar-refractivity contribution in [1.29, 1.82) is 0 Å². The van der Waals surface area contributed by atoms with Crippen LogP contribution in [0.25, 0.3) is 10.9 Å². The minimum absolute atomic E-state index is 0.167. The maximum absolute atomic E-state index is 12.6. The van der Waals surface area contributed by atoms with Crippen molar-refractivity contribution in [3.8, 4) is 5.75 Å². The first kappa shape index (κ1) is 16.1. The summed E-state index contributed by atoms with van der Waals surface area (Å²) in [4.78, 5) is 21.4. The fourth-order valence-corrected chi connectivity index (χ4v) is 3.81. The van der Waals surface area contributed by atoms with Gasteiger partial charge in [-0.15, -0.1) is 0 Å². The molecule has 2 aliphatic heterocycles. The van der Waals surface area contributed by atoms with Crippen LogP contribution in [0.5, 0.6) is 5.75 Å². The predicted molar refractivity (Wildman–Crippen MR) is 98.1 cm³/mol. The first-order valence-electron chi connectivity index (χ1n) is 8.93. The quantitative estimate of drug-likeness (QED) is 0.918. The number of aromatic nitrogens is 1. The molecule has 2 saturated heterocycles. The van der Waals surface area contributed by atoms with E-state index in [9.17, 15) is 4.79 Å². The molecule has 1 aromatic heterocycles. The number of hydrogen-bond acceptors (Lipinski definition) is 5. The molecule has 25 heavy (non-hydrogen) atoms. The lowest BCUT2D eigenvalue weighted by atomic mass is 10.1. The Balaban J connectivity index is 1.49. The standard InChI is InChI=1S/C19H24N4O2/c1-25-15-2-3-16-17(12-15)21-7-5-18(16)22-8-10-23(11-9-22)19(24)14-4-6-20-13-14/h2-3,5,7,12,14,20H,4,6,8-11,13H2,1H3/t14-/m0/s1. The van der Waals surface area contributed by atoms with Crippen LogP contribution in [0, 0.1) is 5.92 Å². The second-order valence-electron chi connectivity index (χ2n) is 6.72. The number of rotatable bonds is 3. The van der Waals surface area contributed by atoms with Gasteiger partial charge in [0.25, 0.3) is 0 Å². The average Bonchev–Trinajstić information content (AvgIpc) is 3.21. The van der Waals surface area contributed by atoms with Gasteiger partial charge in [-0.2, -0.15) is 0 Å². The Bertz CT molecular complexity index is 765. The molecule has 0 spiro atoms. The molecule has 0 unspecified atom stereocenters. The summed E-state index contributed by atoms with van der Waals surface area (Å²) in [7, 11) is 1.67. The number of ether oxygens (including phenoxy) is 1. The van der Waals surface area contributed by atoms with E-state index in [2.05, 4.69) is 27.3 Å². The van der Waals surface area contributed by atoms with E-state index in [0.29, 0.717) is 5.91 Å². The lowest BCUT2D eigenvalue weighted by Gasteiger charge is -2.37. The van der Waals surface area contributed by atoms with Gasteiger partial charge in [-0.1, -0.05) is 0 Å². The largest absolute Gasteiger partial charge is 0.497 e. The zero-order valence-corrected chi connectivity index (χ0v) is 14.6. The summed E-state index contributed by atoms with van der Waals surface area (Å²) in [6, 6.07) is 8.07. The number of anilines is 1. The lowest BCUT2D eigenvalue weighted by molar-refractivity contribution is -0.135. The molecule has 1 amide bonds. The Morgan fingerprint density at radius 3 is 2.80 bits per heavy atom. The fourth-order valence-electron chi connectivity index (χ4n) is 3.81. The van der Waals surface area contributed by atoms with Gasteiger partial charge in [0.1, 0.15) is 5.75 Å². The number of pyridine rings is 1. The van der Waals surface area contributed by atoms with Gasteiger partial charge in [-0.3, -0.25) is 9.78 Å². The molecule has 2 aromatic rings. The molecular formula is C19H24N4O2. The van der Waals surface area contributed by atoms with E-state index in [0.717, 1.165) is 62.3 Å². The van der Waals surface area contributed by atoms with Crippen LogP contribution in [0.15, 0.2) is 30.5 Å². The van der Waals surface area contributed by atoms with Crippen molar-refractivity contribution in [2.24, 2.45) is 5.92 Å². The molecule has 0 bridgehead atoms. The molecule has 132 valence electrons. The van der Waals surface area contributed by atoms with Gasteiger partial charge in [-0.25, -0.2) is 0 Å². The third-order valence-electron chi connectivity index (χ3n) is 5.27. The SMILES string of the molecule is COc1ccc2c(N3CCN(C(=O)[C@H]4CCNC4)CC3)ccnc2c1. The number of amides is 1. The molecule has 6 nitrogen and oxygen atoms in total. The summed E-state index contributed by atoms with van der Waals surface area (Å²) in [5.74, 6) is 1.30. The topological polar surface area (TPSA) is 57.7 Å². The van der Waals surface area contributed by atoms with Crippen LogP contribution in [0.2, 0.25) is 0 Å². The summed E-state index contributed by atoms with van der Waals surface area (Å²) in [5, 5.41) is 4.41. The van der Waals surface area contributed by atoms with E-state index in [1.807, 2.05) is 23.2 Å². The summed E-state index contributed by atoms with van der Waals surface area (Å²) in [6.07, 6.45) is 2.81. The van der Waals surface area contributed by atoms with Gasteiger partial charge < -0.3 is 19.9 Å². The molecule has 1 atom stereocenters. The molecule has 1 N–H and O–H groups in total. The van der Waals surface area contributed by atoms with E-state index >= 15 is 0 Å². The molecule has 0 saturated carbocycles. The van der Waals surface area contributed by atoms with Gasteiger partial charge in [0.15, 0.2) is 0 Å². The molecule has 2 aliphatic rings. The fraction of sp³-hybridized carbons (Fsp3) is 0.474. The van der Waals surface area contributed by atoms with E-state index in [-0.39, 0.29) is 5.92 Å². The molecule has 2 fully saturated rings. The van der Waals surface area contributed by atoms with E-state index in [1.165, 1.54) is 5.69 Å². The highest BCUT2D eigenvalue weighted by molar-refractivity contribution is 5.92. The summed E-state index contributed by atoms with van der Waals surface area (Å²) in [5.41, 5.74) is 2.12. The number of fused-ring (bicyclic) bond motifs is 1. The maximum atomic E-state index is 12.6. The van der Waals surface area contributed by atoms with Crippen molar-refractivity contribution in [2.45, 2.75) is 6.42 Å². The van der Waals surface area contributed by atoms with Crippen molar-refractivity contribution >= 4 is 22.5 Å². The Labute approximate surface area is 147 Å². The van der Waals surface area contributed by atoms with E-state index in [4.69, 9.17) is 4.74 Å². The monoisotopic (exact) mass is 340 g/mol. The van der Waals surface area contributed by atoms with Gasteiger partial charge >= 0.3 is 0 Å². The number of carbonyl (C=O) groups excluding carboxylic acids is 1. The highest BCUT2D eigenvalue weighted by Gasteiger charge is 2.29. The molecule has 1 aromatic carbocycles. The molecule has 4 rings (SSSR count). The van der Waals surface area contributed by atoms with Crippen LogP contribution in [0.4, 0.5) is 5.69 Å². The lowest BCUT2D eigenvalue weighted by Crippen LogP contribution is -2.50. The summed E-state index contributed by atoms with van der Waals surface area (Å²) >= 11 is 0. The molecule has 0 aliphatic carbocycles. The molecule has 3 heterocycles. The number of benzene rings is 1. The number of nitrogens with zero attached hydrogens (tertiary/aromatic N) is 3. The Morgan fingerprint density at radius 1 is 1.24 bits per heavy atom. The van der Waals surface area contributed by atoms with E-state index in [1.54, 1.807) is 7.11 Å². The van der Waals surface area contributed by atoms with Gasteiger partial charge in [0.05, 0.1) is 18.5 Å². The maximum Gasteiger partial charge on any atom is 0.227 e. The van der Waals surface area contributed by atoms with Crippen molar-refractivity contribution in [3.63, 3.8) is 0 Å². The van der Waals surface area contributed by atoms with Gasteiger partial charge in [0, 0.05) is 56.1 Å².